The molecule has 0 bridgehead atoms. The van der Waals surface area contributed by atoms with Gasteiger partial charge in [0, 0.05) is 10.8 Å². The van der Waals surface area contributed by atoms with Gasteiger partial charge in [0.15, 0.2) is 0 Å². The summed E-state index contributed by atoms with van der Waals surface area (Å²) in [7, 11) is 0. The summed E-state index contributed by atoms with van der Waals surface area (Å²) in [5.74, 6) is 1.06. The Labute approximate surface area is 176 Å². The van der Waals surface area contributed by atoms with Gasteiger partial charge in [-0.15, -0.1) is 0 Å². The average Bonchev–Trinajstić information content (AvgIpc) is 3.39. The molecule has 0 radical (unpaired) electrons. The maximum Gasteiger partial charge on any atom is 0.00841 e. The molecule has 0 spiro atoms. The highest BCUT2D eigenvalue weighted by Gasteiger charge is 2.39. The lowest BCUT2D eigenvalue weighted by Gasteiger charge is -2.39. The normalized spacial score (nSPS) is 20.2. The summed E-state index contributed by atoms with van der Waals surface area (Å²) in [4.78, 5) is 0. The molecule has 0 saturated heterocycles. The van der Waals surface area contributed by atoms with Crippen molar-refractivity contribution in [1.29, 1.82) is 0 Å². The van der Waals surface area contributed by atoms with Crippen molar-refractivity contribution in [2.75, 3.05) is 0 Å². The van der Waals surface area contributed by atoms with Gasteiger partial charge in [0.25, 0.3) is 0 Å². The van der Waals surface area contributed by atoms with Gasteiger partial charge >= 0.3 is 0 Å². The van der Waals surface area contributed by atoms with Crippen molar-refractivity contribution in [2.45, 2.75) is 44.9 Å². The van der Waals surface area contributed by atoms with Crippen molar-refractivity contribution in [3.63, 3.8) is 0 Å². The minimum absolute atomic E-state index is 0.116. The minimum Gasteiger partial charge on any atom is -0.0745 e. The van der Waals surface area contributed by atoms with E-state index in [4.69, 9.17) is 0 Å². The fourth-order valence-electron chi connectivity index (χ4n) is 5.30. The van der Waals surface area contributed by atoms with E-state index in [2.05, 4.69) is 123 Å². The largest absolute Gasteiger partial charge is 0.0745 e. The molecule has 0 nitrogen and oxygen atoms in total. The molecule has 148 valence electrons. The molecular formula is C29H32. The van der Waals surface area contributed by atoms with Crippen LogP contribution in [0.1, 0.15) is 56.1 Å². The maximum absolute atomic E-state index is 2.45. The third kappa shape index (κ3) is 4.53. The molecule has 0 fully saturated rings. The SMILES string of the molecule is CC(CC1(CC2(CC(C)c3ccccc3)C=CC=C2)C=CC=C1)c1ccccc1. The Bertz CT molecular complexity index is 810. The van der Waals surface area contributed by atoms with Crippen LogP contribution in [0.25, 0.3) is 0 Å². The van der Waals surface area contributed by atoms with Crippen LogP contribution in [0.3, 0.4) is 0 Å². The Kier molecular flexibility index (Phi) is 5.72. The predicted octanol–water partition coefficient (Wildman–Crippen LogP) is 7.99. The molecule has 0 aliphatic heterocycles. The molecule has 0 N–H and O–H groups in total. The Morgan fingerprint density at radius 1 is 0.552 bits per heavy atom. The van der Waals surface area contributed by atoms with E-state index >= 15 is 0 Å². The zero-order valence-electron chi connectivity index (χ0n) is 17.7. The standard InChI is InChI=1S/C29H32/c1-24(26-13-5-3-6-14-26)21-28(17-9-10-18-28)23-29(19-11-12-20-29)22-25(2)27-15-7-4-8-16-27/h3-20,24-25H,21-23H2,1-2H3. The summed E-state index contributed by atoms with van der Waals surface area (Å²) < 4.78 is 0. The molecule has 2 aliphatic rings. The second kappa shape index (κ2) is 8.41. The monoisotopic (exact) mass is 380 g/mol. The number of benzene rings is 2. The summed E-state index contributed by atoms with van der Waals surface area (Å²) in [5.41, 5.74) is 3.10. The van der Waals surface area contributed by atoms with Crippen LogP contribution >= 0.6 is 0 Å². The summed E-state index contributed by atoms with van der Waals surface area (Å²) >= 11 is 0. The van der Waals surface area contributed by atoms with Crippen molar-refractivity contribution in [3.8, 4) is 0 Å². The first-order chi connectivity index (χ1) is 14.1. The van der Waals surface area contributed by atoms with Crippen molar-refractivity contribution in [1.82, 2.24) is 0 Å². The van der Waals surface area contributed by atoms with E-state index < -0.39 is 0 Å². The third-order valence-corrected chi connectivity index (χ3v) is 6.70. The summed E-state index contributed by atoms with van der Waals surface area (Å²) in [6, 6.07) is 21.9. The summed E-state index contributed by atoms with van der Waals surface area (Å²) in [6.45, 7) is 4.74. The van der Waals surface area contributed by atoms with Crippen LogP contribution in [-0.2, 0) is 0 Å². The molecule has 2 aliphatic carbocycles. The first-order valence-corrected chi connectivity index (χ1v) is 10.9. The first-order valence-electron chi connectivity index (χ1n) is 10.9. The quantitative estimate of drug-likeness (QED) is 0.435. The highest BCUT2D eigenvalue weighted by molar-refractivity contribution is 5.34. The van der Waals surface area contributed by atoms with Gasteiger partial charge in [0.1, 0.15) is 0 Å². The lowest BCUT2D eigenvalue weighted by molar-refractivity contribution is 0.267. The molecule has 0 saturated carbocycles. The minimum atomic E-state index is 0.116. The van der Waals surface area contributed by atoms with Gasteiger partial charge in [-0.1, -0.05) is 123 Å². The molecular weight excluding hydrogens is 348 g/mol. The van der Waals surface area contributed by atoms with Crippen LogP contribution < -0.4 is 0 Å². The van der Waals surface area contributed by atoms with E-state index in [-0.39, 0.29) is 10.8 Å². The topological polar surface area (TPSA) is 0 Å². The fourth-order valence-corrected chi connectivity index (χ4v) is 5.30. The molecule has 2 aromatic rings. The van der Waals surface area contributed by atoms with E-state index in [1.165, 1.54) is 11.1 Å². The van der Waals surface area contributed by atoms with Crippen molar-refractivity contribution in [3.05, 3.63) is 120 Å². The number of allylic oxidation sites excluding steroid dienone is 8. The van der Waals surface area contributed by atoms with Gasteiger partial charge in [0.05, 0.1) is 0 Å². The van der Waals surface area contributed by atoms with Crippen LogP contribution in [-0.4, -0.2) is 0 Å². The van der Waals surface area contributed by atoms with Crippen molar-refractivity contribution >= 4 is 0 Å². The van der Waals surface area contributed by atoms with E-state index in [1.54, 1.807) is 0 Å². The van der Waals surface area contributed by atoms with Crippen LogP contribution in [0.4, 0.5) is 0 Å². The van der Waals surface area contributed by atoms with Gasteiger partial charge in [0.2, 0.25) is 0 Å². The molecule has 2 aromatic carbocycles. The summed E-state index contributed by atoms with van der Waals surface area (Å²) in [6.07, 6.45) is 22.2. The van der Waals surface area contributed by atoms with Gasteiger partial charge in [-0.3, -0.25) is 0 Å². The molecule has 0 aromatic heterocycles. The lowest BCUT2D eigenvalue weighted by atomic mass is 9.65. The van der Waals surface area contributed by atoms with Gasteiger partial charge < -0.3 is 0 Å². The van der Waals surface area contributed by atoms with Crippen molar-refractivity contribution < 1.29 is 0 Å². The van der Waals surface area contributed by atoms with Gasteiger partial charge in [-0.2, -0.15) is 0 Å². The number of hydrogen-bond acceptors (Lipinski definition) is 0. The van der Waals surface area contributed by atoms with Crippen LogP contribution in [0, 0.1) is 10.8 Å². The second-order valence-corrected chi connectivity index (χ2v) is 9.11. The Morgan fingerprint density at radius 2 is 0.897 bits per heavy atom. The number of rotatable bonds is 8. The predicted molar refractivity (Wildman–Crippen MR) is 125 cm³/mol. The lowest BCUT2D eigenvalue weighted by Crippen LogP contribution is -2.28. The second-order valence-electron chi connectivity index (χ2n) is 9.11. The Hall–Kier alpha value is -2.60. The first kappa shape index (κ1) is 19.7. The van der Waals surface area contributed by atoms with Gasteiger partial charge in [-0.25, -0.2) is 0 Å². The van der Waals surface area contributed by atoms with E-state index in [0.29, 0.717) is 11.8 Å². The summed E-state index contributed by atoms with van der Waals surface area (Å²) in [5, 5.41) is 0. The third-order valence-electron chi connectivity index (χ3n) is 6.70. The highest BCUT2D eigenvalue weighted by Crippen LogP contribution is 2.51. The van der Waals surface area contributed by atoms with Gasteiger partial charge in [-0.05, 0) is 42.2 Å². The van der Waals surface area contributed by atoms with E-state index in [0.717, 1.165) is 19.3 Å². The molecule has 2 atom stereocenters. The van der Waals surface area contributed by atoms with E-state index in [1.807, 2.05) is 0 Å². The number of hydrogen-bond donors (Lipinski definition) is 0. The van der Waals surface area contributed by atoms with E-state index in [9.17, 15) is 0 Å². The molecule has 0 amide bonds. The molecule has 29 heavy (non-hydrogen) atoms. The fraction of sp³-hybridized carbons (Fsp3) is 0.310. The van der Waals surface area contributed by atoms with Crippen LogP contribution in [0.5, 0.6) is 0 Å². The molecule has 2 unspecified atom stereocenters. The van der Waals surface area contributed by atoms with Crippen LogP contribution in [0.2, 0.25) is 0 Å². The molecule has 0 heteroatoms. The van der Waals surface area contributed by atoms with Crippen LogP contribution in [0.15, 0.2) is 109 Å². The maximum atomic E-state index is 2.45. The zero-order chi connectivity index (χ0) is 20.2. The molecule has 4 rings (SSSR count). The smallest absolute Gasteiger partial charge is 0.00841 e. The van der Waals surface area contributed by atoms with Crippen molar-refractivity contribution in [2.24, 2.45) is 10.8 Å². The molecule has 0 heterocycles. The zero-order valence-corrected chi connectivity index (χ0v) is 17.7. The Morgan fingerprint density at radius 3 is 1.24 bits per heavy atom. The average molecular weight is 381 g/mol. The Balaban J connectivity index is 1.56. The highest BCUT2D eigenvalue weighted by atomic mass is 14.4.